The molecule has 2 amide bonds. The molecule has 0 radical (unpaired) electrons. The molecule has 6 nitrogen and oxygen atoms in total. The lowest BCUT2D eigenvalue weighted by Crippen LogP contribution is -2.36. The minimum atomic E-state index is -0.652. The Labute approximate surface area is 167 Å². The van der Waals surface area contributed by atoms with Gasteiger partial charge < -0.3 is 5.73 Å². The fraction of sp³-hybridized carbons (Fsp3) is 0.316. The van der Waals surface area contributed by atoms with Crippen LogP contribution in [0.25, 0.3) is 11.0 Å². The predicted octanol–water partition coefficient (Wildman–Crippen LogP) is 4.79. The van der Waals surface area contributed by atoms with Crippen molar-refractivity contribution < 1.29 is 4.79 Å². The van der Waals surface area contributed by atoms with Gasteiger partial charge in [-0.3, -0.25) is 9.58 Å². The van der Waals surface area contributed by atoms with E-state index < -0.39 is 6.03 Å². The molecule has 2 heterocycles. The number of carbonyl (C=O) groups excluding carboxylic acids is 1. The number of rotatable bonds is 4. The number of halogens is 2. The number of nitrogens with two attached hydrogens (primary N) is 1. The Morgan fingerprint density at radius 3 is 2.48 bits per heavy atom. The molecule has 0 bridgehead atoms. The van der Waals surface area contributed by atoms with Crippen LogP contribution in [0.1, 0.15) is 36.7 Å². The zero-order valence-corrected chi connectivity index (χ0v) is 17.1. The number of primary amides is 1. The average Bonchev–Trinajstić information content (AvgIpc) is 2.87. The molecule has 0 aliphatic carbocycles. The number of carbonyl (C=O) groups is 1. The standard InChI is InChI=1S/C19H21Cl2N5O/c1-10(2)13-8-12(23-16-11(3)24-25(4)17(13)16)9-26(19(22)27)18-14(20)6-5-7-15(18)21/h5-8,10H,9H2,1-4H3,(H2,22,27). The molecule has 142 valence electrons. The number of benzene rings is 1. The van der Waals surface area contributed by atoms with Gasteiger partial charge >= 0.3 is 6.03 Å². The summed E-state index contributed by atoms with van der Waals surface area (Å²) >= 11 is 12.5. The van der Waals surface area contributed by atoms with Crippen molar-refractivity contribution in [3.8, 4) is 0 Å². The van der Waals surface area contributed by atoms with Crippen molar-refractivity contribution in [2.45, 2.75) is 33.2 Å². The van der Waals surface area contributed by atoms with E-state index in [-0.39, 0.29) is 12.5 Å². The molecule has 0 unspecified atom stereocenters. The van der Waals surface area contributed by atoms with Gasteiger partial charge in [0.05, 0.1) is 39.2 Å². The third kappa shape index (κ3) is 3.59. The fourth-order valence-electron chi connectivity index (χ4n) is 3.23. The Morgan fingerprint density at radius 2 is 1.93 bits per heavy atom. The largest absolute Gasteiger partial charge is 0.351 e. The van der Waals surface area contributed by atoms with Crippen LogP contribution in [-0.4, -0.2) is 20.8 Å². The number of fused-ring (bicyclic) bond motifs is 1. The Bertz CT molecular complexity index is 1010. The van der Waals surface area contributed by atoms with Gasteiger partial charge in [0, 0.05) is 7.05 Å². The smallest absolute Gasteiger partial charge is 0.319 e. The average molecular weight is 406 g/mol. The number of nitrogens with zero attached hydrogens (tertiary/aromatic N) is 4. The highest BCUT2D eigenvalue weighted by Gasteiger charge is 2.22. The molecule has 2 aromatic heterocycles. The number of hydrogen-bond acceptors (Lipinski definition) is 3. The maximum Gasteiger partial charge on any atom is 0.319 e. The van der Waals surface area contributed by atoms with Crippen LogP contribution in [0.5, 0.6) is 0 Å². The van der Waals surface area contributed by atoms with Gasteiger partial charge in [0.25, 0.3) is 0 Å². The third-order valence-corrected chi connectivity index (χ3v) is 5.07. The summed E-state index contributed by atoms with van der Waals surface area (Å²) in [5.41, 5.74) is 10.4. The first-order valence-electron chi connectivity index (χ1n) is 8.54. The summed E-state index contributed by atoms with van der Waals surface area (Å²) in [5, 5.41) is 5.18. The molecule has 8 heteroatoms. The molecule has 3 aromatic rings. The predicted molar refractivity (Wildman–Crippen MR) is 110 cm³/mol. The van der Waals surface area contributed by atoms with Gasteiger partial charge in [-0.1, -0.05) is 43.1 Å². The molecule has 1 aromatic carbocycles. The van der Waals surface area contributed by atoms with Gasteiger partial charge in [-0.15, -0.1) is 0 Å². The van der Waals surface area contributed by atoms with Crippen LogP contribution in [0, 0.1) is 6.92 Å². The second kappa shape index (κ2) is 7.37. The van der Waals surface area contributed by atoms with Crippen molar-refractivity contribution in [2.75, 3.05) is 4.90 Å². The molecular weight excluding hydrogens is 385 g/mol. The lowest BCUT2D eigenvalue weighted by molar-refractivity contribution is 0.253. The summed E-state index contributed by atoms with van der Waals surface area (Å²) in [4.78, 5) is 18.2. The van der Waals surface area contributed by atoms with Gasteiger partial charge in [-0.25, -0.2) is 9.78 Å². The zero-order valence-electron chi connectivity index (χ0n) is 15.6. The number of pyridine rings is 1. The molecule has 27 heavy (non-hydrogen) atoms. The summed E-state index contributed by atoms with van der Waals surface area (Å²) in [6.45, 7) is 6.29. The summed E-state index contributed by atoms with van der Waals surface area (Å²) < 4.78 is 1.84. The molecule has 0 fully saturated rings. The van der Waals surface area contributed by atoms with Gasteiger partial charge in [0.1, 0.15) is 5.52 Å². The Balaban J connectivity index is 2.14. The summed E-state index contributed by atoms with van der Waals surface area (Å²) in [5.74, 6) is 0.259. The highest BCUT2D eigenvalue weighted by Crippen LogP contribution is 2.35. The number of urea groups is 1. The lowest BCUT2D eigenvalue weighted by atomic mass is 10.0. The third-order valence-electron chi connectivity index (χ3n) is 4.46. The summed E-state index contributed by atoms with van der Waals surface area (Å²) in [6, 6.07) is 6.38. The fourth-order valence-corrected chi connectivity index (χ4v) is 3.83. The van der Waals surface area contributed by atoms with Crippen LogP contribution in [0.15, 0.2) is 24.3 Å². The van der Waals surface area contributed by atoms with Crippen molar-refractivity contribution in [1.29, 1.82) is 0 Å². The number of amides is 2. The van der Waals surface area contributed by atoms with Crippen molar-refractivity contribution in [1.82, 2.24) is 14.8 Å². The zero-order chi connectivity index (χ0) is 19.9. The summed E-state index contributed by atoms with van der Waals surface area (Å²) in [7, 11) is 1.90. The maximum absolute atomic E-state index is 12.1. The van der Waals surface area contributed by atoms with E-state index in [2.05, 4.69) is 18.9 Å². The van der Waals surface area contributed by atoms with E-state index in [1.54, 1.807) is 18.2 Å². The first-order chi connectivity index (χ1) is 12.7. The SMILES string of the molecule is Cc1nn(C)c2c(C(C)C)cc(CN(C(N)=O)c3c(Cl)cccc3Cl)nc12. The molecule has 0 saturated carbocycles. The molecule has 0 aliphatic rings. The molecule has 0 spiro atoms. The maximum atomic E-state index is 12.1. The molecule has 2 N–H and O–H groups in total. The number of hydrogen-bond donors (Lipinski definition) is 1. The number of anilines is 1. The minimum Gasteiger partial charge on any atom is -0.351 e. The first kappa shape index (κ1) is 19.5. The van der Waals surface area contributed by atoms with Gasteiger partial charge in [-0.05, 0) is 36.6 Å². The normalized spacial score (nSPS) is 11.4. The molecule has 0 aliphatic heterocycles. The van der Waals surface area contributed by atoms with E-state index in [9.17, 15) is 4.79 Å². The van der Waals surface area contributed by atoms with Crippen LogP contribution in [0.2, 0.25) is 10.0 Å². The number of aryl methyl sites for hydroxylation is 2. The Hall–Kier alpha value is -2.31. The second-order valence-corrected chi connectivity index (χ2v) is 7.57. The second-order valence-electron chi connectivity index (χ2n) is 6.76. The monoisotopic (exact) mass is 405 g/mol. The van der Waals surface area contributed by atoms with Crippen LogP contribution in [0.3, 0.4) is 0 Å². The van der Waals surface area contributed by atoms with Crippen molar-refractivity contribution in [3.63, 3.8) is 0 Å². The highest BCUT2D eigenvalue weighted by molar-refractivity contribution is 6.39. The van der Waals surface area contributed by atoms with Crippen LogP contribution < -0.4 is 10.6 Å². The van der Waals surface area contributed by atoms with Crippen LogP contribution >= 0.6 is 23.2 Å². The topological polar surface area (TPSA) is 77.0 Å². The van der Waals surface area contributed by atoms with Gasteiger partial charge in [-0.2, -0.15) is 5.10 Å². The quantitative estimate of drug-likeness (QED) is 0.677. The first-order valence-corrected chi connectivity index (χ1v) is 9.30. The van der Waals surface area contributed by atoms with E-state index in [1.807, 2.05) is 24.7 Å². The molecule has 3 rings (SSSR count). The van der Waals surface area contributed by atoms with E-state index in [0.29, 0.717) is 21.4 Å². The Kier molecular flexibility index (Phi) is 5.31. The van der Waals surface area contributed by atoms with Gasteiger partial charge in [0.15, 0.2) is 0 Å². The van der Waals surface area contributed by atoms with E-state index >= 15 is 0 Å². The number of aromatic nitrogens is 3. The van der Waals surface area contributed by atoms with Crippen LogP contribution in [0.4, 0.5) is 10.5 Å². The number of para-hydroxylation sites is 1. The minimum absolute atomic E-state index is 0.156. The van der Waals surface area contributed by atoms with Crippen molar-refractivity contribution in [3.05, 3.63) is 51.3 Å². The molecule has 0 saturated heterocycles. The molecular formula is C19H21Cl2N5O. The van der Waals surface area contributed by atoms with Gasteiger partial charge in [0.2, 0.25) is 0 Å². The van der Waals surface area contributed by atoms with E-state index in [1.165, 1.54) is 4.90 Å². The van der Waals surface area contributed by atoms with E-state index in [4.69, 9.17) is 33.9 Å². The van der Waals surface area contributed by atoms with Crippen LogP contribution in [-0.2, 0) is 13.6 Å². The Morgan fingerprint density at radius 1 is 1.30 bits per heavy atom. The lowest BCUT2D eigenvalue weighted by Gasteiger charge is -2.23. The van der Waals surface area contributed by atoms with E-state index in [0.717, 1.165) is 22.3 Å². The van der Waals surface area contributed by atoms with Crippen molar-refractivity contribution >= 4 is 46.0 Å². The van der Waals surface area contributed by atoms with Crippen molar-refractivity contribution in [2.24, 2.45) is 12.8 Å². The highest BCUT2D eigenvalue weighted by atomic mass is 35.5. The summed E-state index contributed by atoms with van der Waals surface area (Å²) in [6.07, 6.45) is 0. The molecule has 0 atom stereocenters.